The third kappa shape index (κ3) is 8.24. The number of nitrogens with zero attached hydrogens (tertiary/aromatic N) is 1. The van der Waals surface area contributed by atoms with E-state index in [1.807, 2.05) is 27.7 Å². The maximum Gasteiger partial charge on any atom is 0.321 e. The second-order valence-electron chi connectivity index (χ2n) is 6.75. The lowest BCUT2D eigenvalue weighted by Gasteiger charge is -2.34. The number of carbonyl (C=O) groups is 2. The minimum Gasteiger partial charge on any atom is -0.333 e. The first kappa shape index (κ1) is 20.1. The highest BCUT2D eigenvalue weighted by Crippen LogP contribution is 2.18. The summed E-state index contributed by atoms with van der Waals surface area (Å²) in [5.74, 6) is 0.164. The Balaban J connectivity index is 0.00000400. The fourth-order valence-corrected chi connectivity index (χ4v) is 2.41. The minimum absolute atomic E-state index is 0. The average Bonchev–Trinajstić information content (AvgIpc) is 2.25. The molecule has 0 aromatic carbocycles. The largest absolute Gasteiger partial charge is 0.333 e. The number of hydrogen-bond donors (Lipinski definition) is 3. The van der Waals surface area contributed by atoms with Crippen LogP contribution in [0.2, 0.25) is 0 Å². The first-order valence-corrected chi connectivity index (χ1v) is 7.27. The van der Waals surface area contributed by atoms with Crippen LogP contribution in [0.15, 0.2) is 0 Å². The SMILES string of the molecule is CC(N)C1CCCN(CC(=O)NC(=O)NC(C)(C)C)C1.Cl. The van der Waals surface area contributed by atoms with Crippen molar-refractivity contribution in [2.75, 3.05) is 19.6 Å². The Kier molecular flexibility index (Phi) is 8.21. The highest BCUT2D eigenvalue weighted by molar-refractivity contribution is 5.95. The number of nitrogens with two attached hydrogens (primary N) is 1. The molecule has 4 N–H and O–H groups in total. The van der Waals surface area contributed by atoms with Gasteiger partial charge in [-0.05, 0) is 53.0 Å². The highest BCUT2D eigenvalue weighted by atomic mass is 35.5. The molecular formula is C14H29ClN4O2. The van der Waals surface area contributed by atoms with E-state index in [0.29, 0.717) is 5.92 Å². The lowest BCUT2D eigenvalue weighted by atomic mass is 9.92. The quantitative estimate of drug-likeness (QED) is 0.726. The van der Waals surface area contributed by atoms with E-state index < -0.39 is 6.03 Å². The molecule has 1 saturated heterocycles. The molecule has 0 aliphatic carbocycles. The van der Waals surface area contributed by atoms with E-state index in [4.69, 9.17) is 5.73 Å². The fourth-order valence-electron chi connectivity index (χ4n) is 2.41. The smallest absolute Gasteiger partial charge is 0.321 e. The summed E-state index contributed by atoms with van der Waals surface area (Å²) >= 11 is 0. The Hall–Kier alpha value is -0.850. The van der Waals surface area contributed by atoms with Crippen molar-refractivity contribution in [3.05, 3.63) is 0 Å². The Bertz CT molecular complexity index is 355. The second-order valence-corrected chi connectivity index (χ2v) is 6.75. The molecule has 2 unspecified atom stereocenters. The first-order valence-electron chi connectivity index (χ1n) is 7.27. The van der Waals surface area contributed by atoms with Crippen LogP contribution in [0.5, 0.6) is 0 Å². The van der Waals surface area contributed by atoms with Gasteiger partial charge < -0.3 is 11.1 Å². The van der Waals surface area contributed by atoms with Crippen molar-refractivity contribution in [1.29, 1.82) is 0 Å². The molecule has 1 aliphatic heterocycles. The maximum atomic E-state index is 11.8. The highest BCUT2D eigenvalue weighted by Gasteiger charge is 2.24. The molecule has 21 heavy (non-hydrogen) atoms. The number of amides is 3. The van der Waals surface area contributed by atoms with Gasteiger partial charge >= 0.3 is 6.03 Å². The van der Waals surface area contributed by atoms with Crippen molar-refractivity contribution in [2.24, 2.45) is 11.7 Å². The molecule has 2 atom stereocenters. The van der Waals surface area contributed by atoms with Gasteiger partial charge in [-0.25, -0.2) is 4.79 Å². The van der Waals surface area contributed by atoms with Gasteiger partial charge in [-0.1, -0.05) is 0 Å². The summed E-state index contributed by atoms with van der Waals surface area (Å²) in [7, 11) is 0. The standard InChI is InChI=1S/C14H28N4O2.ClH/c1-10(15)11-6-5-7-18(8-11)9-12(19)16-13(20)17-14(2,3)4;/h10-11H,5-9,15H2,1-4H3,(H2,16,17,19,20);1H. The number of piperidine rings is 1. The van der Waals surface area contributed by atoms with Crippen molar-refractivity contribution in [3.8, 4) is 0 Å². The molecule has 1 fully saturated rings. The van der Waals surface area contributed by atoms with Crippen LogP contribution in [0.1, 0.15) is 40.5 Å². The molecule has 6 nitrogen and oxygen atoms in total. The minimum atomic E-state index is -0.441. The van der Waals surface area contributed by atoms with Gasteiger partial charge in [0.2, 0.25) is 5.91 Å². The number of hydrogen-bond acceptors (Lipinski definition) is 4. The molecule has 0 spiro atoms. The van der Waals surface area contributed by atoms with Gasteiger partial charge in [-0.15, -0.1) is 12.4 Å². The number of likely N-dealkylation sites (tertiary alicyclic amines) is 1. The summed E-state index contributed by atoms with van der Waals surface area (Å²) in [6, 6.07) is -0.298. The Morgan fingerprint density at radius 2 is 2.00 bits per heavy atom. The first-order chi connectivity index (χ1) is 9.17. The van der Waals surface area contributed by atoms with Gasteiger partial charge in [0.05, 0.1) is 6.54 Å². The topological polar surface area (TPSA) is 87.5 Å². The Morgan fingerprint density at radius 3 is 2.52 bits per heavy atom. The molecule has 0 aromatic heterocycles. The number of halogens is 1. The summed E-state index contributed by atoms with van der Waals surface area (Å²) in [4.78, 5) is 25.5. The van der Waals surface area contributed by atoms with Gasteiger partial charge in [-0.3, -0.25) is 15.0 Å². The van der Waals surface area contributed by atoms with Crippen LogP contribution in [-0.2, 0) is 4.79 Å². The lowest BCUT2D eigenvalue weighted by Crippen LogP contribution is -2.51. The van der Waals surface area contributed by atoms with Crippen LogP contribution >= 0.6 is 12.4 Å². The molecule has 0 aromatic rings. The molecule has 0 saturated carbocycles. The van der Waals surface area contributed by atoms with Gasteiger partial charge in [0, 0.05) is 18.1 Å². The third-order valence-corrected chi connectivity index (χ3v) is 3.39. The fraction of sp³-hybridized carbons (Fsp3) is 0.857. The Labute approximate surface area is 133 Å². The zero-order valence-corrected chi connectivity index (χ0v) is 14.3. The van der Waals surface area contributed by atoms with Crippen LogP contribution in [0.4, 0.5) is 4.79 Å². The van der Waals surface area contributed by atoms with Gasteiger partial charge in [-0.2, -0.15) is 0 Å². The van der Waals surface area contributed by atoms with Crippen LogP contribution in [0.25, 0.3) is 0 Å². The molecule has 0 bridgehead atoms. The zero-order chi connectivity index (χ0) is 15.3. The molecule has 1 rings (SSSR count). The average molecular weight is 321 g/mol. The van der Waals surface area contributed by atoms with Crippen molar-refractivity contribution in [1.82, 2.24) is 15.5 Å². The molecule has 1 aliphatic rings. The van der Waals surface area contributed by atoms with E-state index in [1.165, 1.54) is 0 Å². The molecule has 0 radical (unpaired) electrons. The summed E-state index contributed by atoms with van der Waals surface area (Å²) < 4.78 is 0. The predicted molar refractivity (Wildman–Crippen MR) is 86.5 cm³/mol. The van der Waals surface area contributed by atoms with Crippen LogP contribution < -0.4 is 16.4 Å². The van der Waals surface area contributed by atoms with Crippen molar-refractivity contribution in [3.63, 3.8) is 0 Å². The van der Waals surface area contributed by atoms with E-state index in [1.54, 1.807) is 0 Å². The molecule has 124 valence electrons. The van der Waals surface area contributed by atoms with Gasteiger partial charge in [0.15, 0.2) is 0 Å². The van der Waals surface area contributed by atoms with Crippen molar-refractivity contribution in [2.45, 2.75) is 52.1 Å². The summed E-state index contributed by atoms with van der Waals surface area (Å²) in [6.07, 6.45) is 2.16. The summed E-state index contributed by atoms with van der Waals surface area (Å²) in [6.45, 7) is 9.58. The van der Waals surface area contributed by atoms with Gasteiger partial charge in [0.25, 0.3) is 0 Å². The van der Waals surface area contributed by atoms with Crippen LogP contribution in [0, 0.1) is 5.92 Å². The zero-order valence-electron chi connectivity index (χ0n) is 13.4. The number of imide groups is 1. The van der Waals surface area contributed by atoms with E-state index >= 15 is 0 Å². The van der Waals surface area contributed by atoms with E-state index in [0.717, 1.165) is 25.9 Å². The lowest BCUT2D eigenvalue weighted by molar-refractivity contribution is -0.121. The third-order valence-electron chi connectivity index (χ3n) is 3.39. The molecule has 1 heterocycles. The summed E-state index contributed by atoms with van der Waals surface area (Å²) in [5, 5.41) is 5.07. The van der Waals surface area contributed by atoms with E-state index in [2.05, 4.69) is 15.5 Å². The van der Waals surface area contributed by atoms with Crippen molar-refractivity contribution < 1.29 is 9.59 Å². The maximum absolute atomic E-state index is 11.8. The summed E-state index contributed by atoms with van der Waals surface area (Å²) in [5.41, 5.74) is 5.57. The molecule has 3 amide bonds. The predicted octanol–water partition coefficient (Wildman–Crippen LogP) is 1.09. The molecule has 7 heteroatoms. The monoisotopic (exact) mass is 320 g/mol. The van der Waals surface area contributed by atoms with Crippen LogP contribution in [0.3, 0.4) is 0 Å². The van der Waals surface area contributed by atoms with Crippen LogP contribution in [-0.4, -0.2) is 48.1 Å². The van der Waals surface area contributed by atoms with E-state index in [-0.39, 0.29) is 36.4 Å². The number of carbonyl (C=O) groups excluding carboxylic acids is 2. The second kappa shape index (κ2) is 8.56. The van der Waals surface area contributed by atoms with Crippen molar-refractivity contribution >= 4 is 24.3 Å². The number of urea groups is 1. The normalized spacial score (nSPS) is 21.1. The van der Waals surface area contributed by atoms with E-state index in [9.17, 15) is 9.59 Å². The van der Waals surface area contributed by atoms with Gasteiger partial charge in [0.1, 0.15) is 0 Å². The number of nitrogens with one attached hydrogen (secondary N) is 2. The molecular weight excluding hydrogens is 292 g/mol. The number of rotatable bonds is 3. The Morgan fingerprint density at radius 1 is 1.38 bits per heavy atom.